The van der Waals surface area contributed by atoms with Crippen molar-refractivity contribution >= 4 is 0 Å². The minimum Gasteiger partial charge on any atom is -0.375 e. The largest absolute Gasteiger partial charge is 0.375 e. The molecule has 0 bridgehead atoms. The molecule has 0 saturated heterocycles. The third-order valence-electron chi connectivity index (χ3n) is 3.56. The van der Waals surface area contributed by atoms with E-state index in [2.05, 4.69) is 40.3 Å². The monoisotopic (exact) mass is 240 g/mol. The van der Waals surface area contributed by atoms with Crippen LogP contribution in [0.3, 0.4) is 0 Å². The molecule has 0 amide bonds. The van der Waals surface area contributed by atoms with Gasteiger partial charge in [0.1, 0.15) is 0 Å². The summed E-state index contributed by atoms with van der Waals surface area (Å²) < 4.78 is 5.81. The molecule has 1 unspecified atom stereocenters. The predicted octanol–water partition coefficient (Wildman–Crippen LogP) is 5.35. The van der Waals surface area contributed by atoms with Crippen molar-refractivity contribution in [3.8, 4) is 0 Å². The Hall–Kier alpha value is -0.300. The van der Waals surface area contributed by atoms with E-state index in [9.17, 15) is 0 Å². The van der Waals surface area contributed by atoms with Crippen LogP contribution in [-0.4, -0.2) is 12.2 Å². The zero-order valence-corrected chi connectivity index (χ0v) is 12.4. The Morgan fingerprint density at radius 3 is 2.18 bits per heavy atom. The maximum absolute atomic E-state index is 5.81. The van der Waals surface area contributed by atoms with Crippen molar-refractivity contribution < 1.29 is 4.74 Å². The van der Waals surface area contributed by atoms with Crippen molar-refractivity contribution in [2.75, 3.05) is 6.61 Å². The molecule has 0 rings (SSSR count). The van der Waals surface area contributed by atoms with Gasteiger partial charge in [-0.25, -0.2) is 0 Å². The van der Waals surface area contributed by atoms with Crippen molar-refractivity contribution in [3.63, 3.8) is 0 Å². The number of ether oxygens (including phenoxy) is 1. The van der Waals surface area contributed by atoms with E-state index in [1.807, 2.05) is 0 Å². The lowest BCUT2D eigenvalue weighted by atomic mass is 9.86. The van der Waals surface area contributed by atoms with Crippen LogP contribution in [-0.2, 0) is 4.74 Å². The van der Waals surface area contributed by atoms with Gasteiger partial charge in [0.05, 0.1) is 5.60 Å². The van der Waals surface area contributed by atoms with E-state index in [0.29, 0.717) is 5.92 Å². The Morgan fingerprint density at radius 2 is 1.65 bits per heavy atom. The topological polar surface area (TPSA) is 9.23 Å². The Balaban J connectivity index is 3.78. The van der Waals surface area contributed by atoms with Gasteiger partial charge in [-0.05, 0) is 27.2 Å². The zero-order valence-electron chi connectivity index (χ0n) is 12.4. The van der Waals surface area contributed by atoms with Crippen molar-refractivity contribution in [1.82, 2.24) is 0 Å². The molecule has 0 fully saturated rings. The molecule has 0 aromatic rings. The molecule has 0 N–H and O–H groups in total. The third-order valence-corrected chi connectivity index (χ3v) is 3.56. The molecule has 102 valence electrons. The molecule has 0 aromatic carbocycles. The van der Waals surface area contributed by atoms with Crippen molar-refractivity contribution in [1.29, 1.82) is 0 Å². The van der Waals surface area contributed by atoms with Gasteiger partial charge >= 0.3 is 0 Å². The maximum atomic E-state index is 5.81. The molecule has 17 heavy (non-hydrogen) atoms. The second-order valence-corrected chi connectivity index (χ2v) is 5.44. The van der Waals surface area contributed by atoms with Gasteiger partial charge in [-0.2, -0.15) is 0 Å². The van der Waals surface area contributed by atoms with E-state index in [1.54, 1.807) is 0 Å². The van der Waals surface area contributed by atoms with Crippen LogP contribution in [0.2, 0.25) is 0 Å². The van der Waals surface area contributed by atoms with Crippen LogP contribution in [0, 0.1) is 5.92 Å². The van der Waals surface area contributed by atoms with Gasteiger partial charge in [-0.1, -0.05) is 51.5 Å². The molecule has 0 aliphatic rings. The number of unbranched alkanes of at least 4 members (excludes halogenated alkanes) is 5. The first-order chi connectivity index (χ1) is 8.08. The summed E-state index contributed by atoms with van der Waals surface area (Å²) in [5.74, 6) is 0.480. The fraction of sp³-hybridized carbons (Fsp3) is 0.875. The molecule has 1 atom stereocenters. The van der Waals surface area contributed by atoms with Crippen LogP contribution in [0.15, 0.2) is 12.7 Å². The van der Waals surface area contributed by atoms with Gasteiger partial charge < -0.3 is 4.74 Å². The second kappa shape index (κ2) is 9.70. The quantitative estimate of drug-likeness (QED) is 0.349. The summed E-state index contributed by atoms with van der Waals surface area (Å²) in [6.07, 6.45) is 11.4. The minimum atomic E-state index is -0.0556. The van der Waals surface area contributed by atoms with Gasteiger partial charge in [-0.3, -0.25) is 0 Å². The minimum absolute atomic E-state index is 0.0556. The predicted molar refractivity (Wildman–Crippen MR) is 77.4 cm³/mol. The van der Waals surface area contributed by atoms with Gasteiger partial charge in [0.25, 0.3) is 0 Å². The highest BCUT2D eigenvalue weighted by Crippen LogP contribution is 2.27. The van der Waals surface area contributed by atoms with E-state index in [1.165, 1.54) is 44.9 Å². The second-order valence-electron chi connectivity index (χ2n) is 5.44. The lowest BCUT2D eigenvalue weighted by molar-refractivity contribution is -0.0430. The highest BCUT2D eigenvalue weighted by Gasteiger charge is 2.26. The summed E-state index contributed by atoms with van der Waals surface area (Å²) in [5, 5.41) is 0. The van der Waals surface area contributed by atoms with Crippen LogP contribution in [0.1, 0.15) is 72.6 Å². The standard InChI is InChI=1S/C16H32O/c1-6-9-10-11-12-13-14-15(7-2)16(4,5)17-8-3/h7,15H,2,6,8-14H2,1,3-5H3. The SMILES string of the molecule is C=CC(CCCCCCCC)C(C)(C)OCC. The number of hydrogen-bond acceptors (Lipinski definition) is 1. The number of hydrogen-bond donors (Lipinski definition) is 0. The number of rotatable bonds is 11. The zero-order chi connectivity index (χ0) is 13.1. The summed E-state index contributed by atoms with van der Waals surface area (Å²) in [5.41, 5.74) is -0.0556. The molecule has 0 radical (unpaired) electrons. The summed E-state index contributed by atoms with van der Waals surface area (Å²) in [4.78, 5) is 0. The first-order valence-electron chi connectivity index (χ1n) is 7.35. The maximum Gasteiger partial charge on any atom is 0.0688 e. The van der Waals surface area contributed by atoms with E-state index in [-0.39, 0.29) is 5.60 Å². The Bertz CT molecular complexity index is 184. The summed E-state index contributed by atoms with van der Waals surface area (Å²) >= 11 is 0. The molecule has 1 nitrogen and oxygen atoms in total. The molecular weight excluding hydrogens is 208 g/mol. The summed E-state index contributed by atoms with van der Waals surface area (Å²) in [6.45, 7) is 13.4. The lowest BCUT2D eigenvalue weighted by Crippen LogP contribution is -2.33. The third kappa shape index (κ3) is 7.59. The smallest absolute Gasteiger partial charge is 0.0688 e. The molecule has 0 saturated carbocycles. The van der Waals surface area contributed by atoms with Gasteiger partial charge in [0, 0.05) is 12.5 Å². The average Bonchev–Trinajstić information content (AvgIpc) is 2.27. The fourth-order valence-corrected chi connectivity index (χ4v) is 2.37. The molecule has 0 heterocycles. The molecule has 0 aliphatic carbocycles. The average molecular weight is 240 g/mol. The molecule has 1 heteroatoms. The van der Waals surface area contributed by atoms with Gasteiger partial charge in [0.2, 0.25) is 0 Å². The molecule has 0 spiro atoms. The van der Waals surface area contributed by atoms with Crippen LogP contribution < -0.4 is 0 Å². The normalized spacial score (nSPS) is 13.6. The summed E-state index contributed by atoms with van der Waals surface area (Å²) in [7, 11) is 0. The highest BCUT2D eigenvalue weighted by molar-refractivity contribution is 4.91. The van der Waals surface area contributed by atoms with E-state index in [0.717, 1.165) is 6.61 Å². The Morgan fingerprint density at radius 1 is 1.06 bits per heavy atom. The first-order valence-corrected chi connectivity index (χ1v) is 7.35. The van der Waals surface area contributed by atoms with Crippen LogP contribution in [0.4, 0.5) is 0 Å². The molecule has 0 aliphatic heterocycles. The molecule has 0 aromatic heterocycles. The Labute approximate surface area is 109 Å². The highest BCUT2D eigenvalue weighted by atomic mass is 16.5. The van der Waals surface area contributed by atoms with Gasteiger partial charge in [-0.15, -0.1) is 6.58 Å². The van der Waals surface area contributed by atoms with Gasteiger partial charge in [0.15, 0.2) is 0 Å². The van der Waals surface area contributed by atoms with E-state index in [4.69, 9.17) is 4.74 Å². The summed E-state index contributed by atoms with van der Waals surface area (Å²) in [6, 6.07) is 0. The van der Waals surface area contributed by atoms with Crippen molar-refractivity contribution in [2.24, 2.45) is 5.92 Å². The van der Waals surface area contributed by atoms with Crippen LogP contribution >= 0.6 is 0 Å². The first kappa shape index (κ1) is 16.7. The lowest BCUT2D eigenvalue weighted by Gasteiger charge is -2.32. The Kier molecular flexibility index (Phi) is 9.53. The van der Waals surface area contributed by atoms with Crippen LogP contribution in [0.25, 0.3) is 0 Å². The fourth-order valence-electron chi connectivity index (χ4n) is 2.37. The van der Waals surface area contributed by atoms with Crippen molar-refractivity contribution in [3.05, 3.63) is 12.7 Å². The molecular formula is C16H32O. The van der Waals surface area contributed by atoms with E-state index < -0.39 is 0 Å². The van der Waals surface area contributed by atoms with E-state index >= 15 is 0 Å². The van der Waals surface area contributed by atoms with Crippen LogP contribution in [0.5, 0.6) is 0 Å². The van der Waals surface area contributed by atoms with Crippen molar-refractivity contribution in [2.45, 2.75) is 78.2 Å².